The monoisotopic (exact) mass is 185 g/mol. The Labute approximate surface area is 77.0 Å². The Hall–Kier alpha value is -0.940. The fourth-order valence-corrected chi connectivity index (χ4v) is 1.07. The molecule has 5 heteroatoms. The van der Waals surface area contributed by atoms with Crippen molar-refractivity contribution in [2.24, 2.45) is 0 Å². The number of aromatic nitrogens is 3. The minimum absolute atomic E-state index is 0.0469. The molecule has 74 valence electrons. The normalized spacial score (nSPS) is 12.0. The van der Waals surface area contributed by atoms with Crippen LogP contribution in [0.5, 0.6) is 0 Å². The molecule has 5 nitrogen and oxygen atoms in total. The van der Waals surface area contributed by atoms with Gasteiger partial charge in [-0.2, -0.15) is 0 Å². The molecule has 1 rings (SSSR count). The summed E-state index contributed by atoms with van der Waals surface area (Å²) in [6.07, 6.45) is 2.20. The van der Waals surface area contributed by atoms with E-state index in [-0.39, 0.29) is 6.61 Å². The Balaban J connectivity index is 2.59. The van der Waals surface area contributed by atoms with Gasteiger partial charge in [0.25, 0.3) is 0 Å². The van der Waals surface area contributed by atoms with E-state index in [1.165, 1.54) is 0 Å². The molecular weight excluding hydrogens is 170 g/mol. The molecule has 13 heavy (non-hydrogen) atoms. The third-order valence-electron chi connectivity index (χ3n) is 1.53. The van der Waals surface area contributed by atoms with Crippen molar-refractivity contribution < 1.29 is 10.2 Å². The quantitative estimate of drug-likeness (QED) is 0.668. The molecule has 0 saturated heterocycles. The SMILES string of the molecule is CC(C)(O)Cc1cn(CCO)nn1. The van der Waals surface area contributed by atoms with Crippen LogP contribution in [0.25, 0.3) is 0 Å². The maximum atomic E-state index is 9.48. The van der Waals surface area contributed by atoms with Crippen LogP contribution in [-0.4, -0.2) is 37.4 Å². The van der Waals surface area contributed by atoms with Crippen molar-refractivity contribution >= 4 is 0 Å². The van der Waals surface area contributed by atoms with Gasteiger partial charge >= 0.3 is 0 Å². The van der Waals surface area contributed by atoms with Crippen molar-refractivity contribution in [2.45, 2.75) is 32.4 Å². The Morgan fingerprint density at radius 1 is 1.54 bits per heavy atom. The molecule has 0 unspecified atom stereocenters. The number of aliphatic hydroxyl groups is 2. The van der Waals surface area contributed by atoms with Crippen molar-refractivity contribution in [1.29, 1.82) is 0 Å². The number of aliphatic hydroxyl groups excluding tert-OH is 1. The van der Waals surface area contributed by atoms with Gasteiger partial charge in [-0.25, -0.2) is 4.68 Å². The highest BCUT2D eigenvalue weighted by molar-refractivity contribution is 4.96. The molecule has 0 atom stereocenters. The summed E-state index contributed by atoms with van der Waals surface area (Å²) in [6.45, 7) is 3.93. The van der Waals surface area contributed by atoms with Crippen molar-refractivity contribution in [3.63, 3.8) is 0 Å². The third kappa shape index (κ3) is 3.52. The lowest BCUT2D eigenvalue weighted by Gasteiger charge is -2.13. The van der Waals surface area contributed by atoms with E-state index in [4.69, 9.17) is 5.11 Å². The fraction of sp³-hybridized carbons (Fsp3) is 0.750. The van der Waals surface area contributed by atoms with Crippen LogP contribution < -0.4 is 0 Å². The van der Waals surface area contributed by atoms with Gasteiger partial charge in [0.1, 0.15) is 0 Å². The van der Waals surface area contributed by atoms with E-state index in [9.17, 15) is 5.11 Å². The molecule has 1 aromatic heterocycles. The van der Waals surface area contributed by atoms with Crippen LogP contribution in [-0.2, 0) is 13.0 Å². The minimum Gasteiger partial charge on any atom is -0.394 e. The van der Waals surface area contributed by atoms with E-state index >= 15 is 0 Å². The lowest BCUT2D eigenvalue weighted by molar-refractivity contribution is 0.0799. The van der Waals surface area contributed by atoms with Crippen LogP contribution in [0.2, 0.25) is 0 Å². The molecule has 0 amide bonds. The predicted molar refractivity (Wildman–Crippen MR) is 47.1 cm³/mol. The molecular formula is C8H15N3O2. The number of rotatable bonds is 4. The summed E-state index contributed by atoms with van der Waals surface area (Å²) in [5, 5.41) is 25.8. The Bertz CT molecular complexity index is 265. The first-order chi connectivity index (χ1) is 6.01. The zero-order valence-electron chi connectivity index (χ0n) is 7.93. The van der Waals surface area contributed by atoms with Crippen molar-refractivity contribution in [3.05, 3.63) is 11.9 Å². The first kappa shape index (κ1) is 10.1. The fourth-order valence-electron chi connectivity index (χ4n) is 1.07. The van der Waals surface area contributed by atoms with Gasteiger partial charge in [-0.1, -0.05) is 5.21 Å². The molecule has 0 spiro atoms. The molecule has 0 radical (unpaired) electrons. The third-order valence-corrected chi connectivity index (χ3v) is 1.53. The molecule has 0 aliphatic heterocycles. The van der Waals surface area contributed by atoms with Crippen LogP contribution in [0, 0.1) is 0 Å². The molecule has 1 aromatic rings. The highest BCUT2D eigenvalue weighted by Gasteiger charge is 2.15. The Morgan fingerprint density at radius 3 is 2.77 bits per heavy atom. The van der Waals surface area contributed by atoms with Crippen molar-refractivity contribution in [1.82, 2.24) is 15.0 Å². The van der Waals surface area contributed by atoms with Gasteiger partial charge in [0, 0.05) is 12.6 Å². The van der Waals surface area contributed by atoms with Gasteiger partial charge in [0.2, 0.25) is 0 Å². The van der Waals surface area contributed by atoms with Crippen molar-refractivity contribution in [3.8, 4) is 0 Å². The lowest BCUT2D eigenvalue weighted by atomic mass is 10.0. The molecule has 0 aliphatic carbocycles. The second kappa shape index (κ2) is 3.85. The molecule has 0 fully saturated rings. The standard InChI is InChI=1S/C8H15N3O2/c1-8(2,13)5-7-6-11(3-4-12)10-9-7/h6,12-13H,3-5H2,1-2H3. The zero-order chi connectivity index (χ0) is 9.90. The summed E-state index contributed by atoms with van der Waals surface area (Å²) in [7, 11) is 0. The predicted octanol–water partition coefficient (Wildman–Crippen LogP) is -0.416. The average molecular weight is 185 g/mol. The molecule has 1 heterocycles. The summed E-state index contributed by atoms with van der Waals surface area (Å²) in [6, 6.07) is 0. The first-order valence-electron chi connectivity index (χ1n) is 4.23. The summed E-state index contributed by atoms with van der Waals surface area (Å²) < 4.78 is 1.56. The van der Waals surface area contributed by atoms with Crippen molar-refractivity contribution in [2.75, 3.05) is 6.61 Å². The van der Waals surface area contributed by atoms with E-state index in [1.54, 1.807) is 24.7 Å². The summed E-state index contributed by atoms with van der Waals surface area (Å²) in [4.78, 5) is 0. The first-order valence-corrected chi connectivity index (χ1v) is 4.23. The van der Waals surface area contributed by atoms with Gasteiger partial charge in [-0.05, 0) is 13.8 Å². The summed E-state index contributed by atoms with van der Waals surface area (Å²) in [5.41, 5.74) is -0.0268. The van der Waals surface area contributed by atoms with E-state index < -0.39 is 5.60 Å². The average Bonchev–Trinajstić information content (AvgIpc) is 2.33. The van der Waals surface area contributed by atoms with Gasteiger partial charge in [-0.15, -0.1) is 5.10 Å². The van der Waals surface area contributed by atoms with Crippen LogP contribution in [0.3, 0.4) is 0 Å². The molecule has 2 N–H and O–H groups in total. The molecule has 0 bridgehead atoms. The Kier molecular flexibility index (Phi) is 3.00. The largest absolute Gasteiger partial charge is 0.394 e. The maximum absolute atomic E-state index is 9.48. The van der Waals surface area contributed by atoms with E-state index in [2.05, 4.69) is 10.3 Å². The second-order valence-electron chi connectivity index (χ2n) is 3.69. The van der Waals surface area contributed by atoms with Gasteiger partial charge < -0.3 is 10.2 Å². The van der Waals surface area contributed by atoms with E-state index in [0.29, 0.717) is 13.0 Å². The van der Waals surface area contributed by atoms with Crippen LogP contribution in [0.4, 0.5) is 0 Å². The highest BCUT2D eigenvalue weighted by atomic mass is 16.3. The van der Waals surface area contributed by atoms with E-state index in [1.807, 2.05) is 0 Å². The van der Waals surface area contributed by atoms with Crippen LogP contribution in [0.1, 0.15) is 19.5 Å². The topological polar surface area (TPSA) is 71.2 Å². The number of nitrogens with zero attached hydrogens (tertiary/aromatic N) is 3. The highest BCUT2D eigenvalue weighted by Crippen LogP contribution is 2.08. The van der Waals surface area contributed by atoms with E-state index in [0.717, 1.165) is 5.69 Å². The summed E-state index contributed by atoms with van der Waals surface area (Å²) in [5.74, 6) is 0. The lowest BCUT2D eigenvalue weighted by Crippen LogP contribution is -2.22. The molecule has 0 aromatic carbocycles. The van der Waals surface area contributed by atoms with Crippen LogP contribution >= 0.6 is 0 Å². The maximum Gasteiger partial charge on any atom is 0.0855 e. The zero-order valence-corrected chi connectivity index (χ0v) is 7.93. The second-order valence-corrected chi connectivity index (χ2v) is 3.69. The Morgan fingerprint density at radius 2 is 2.23 bits per heavy atom. The smallest absolute Gasteiger partial charge is 0.0855 e. The van der Waals surface area contributed by atoms with Gasteiger partial charge in [0.05, 0.1) is 24.4 Å². The number of hydrogen-bond donors (Lipinski definition) is 2. The van der Waals surface area contributed by atoms with Gasteiger partial charge in [-0.3, -0.25) is 0 Å². The van der Waals surface area contributed by atoms with Crippen LogP contribution in [0.15, 0.2) is 6.20 Å². The molecule has 0 aliphatic rings. The molecule has 0 saturated carbocycles. The number of hydrogen-bond acceptors (Lipinski definition) is 4. The summed E-state index contributed by atoms with van der Waals surface area (Å²) >= 11 is 0. The van der Waals surface area contributed by atoms with Gasteiger partial charge in [0.15, 0.2) is 0 Å². The minimum atomic E-state index is -0.764.